The number of esters is 1. The van der Waals surface area contributed by atoms with Crippen LogP contribution in [0.2, 0.25) is 0 Å². The van der Waals surface area contributed by atoms with Crippen molar-refractivity contribution in [2.75, 3.05) is 24.8 Å². The first-order valence-electron chi connectivity index (χ1n) is 10.5. The molecule has 0 fully saturated rings. The first-order valence-corrected chi connectivity index (χ1v) is 12.1. The highest BCUT2D eigenvalue weighted by atomic mass is 79.9. The van der Waals surface area contributed by atoms with Gasteiger partial charge in [0, 0.05) is 4.47 Å². The summed E-state index contributed by atoms with van der Waals surface area (Å²) in [5, 5.41) is 16.6. The molecule has 1 aliphatic rings. The summed E-state index contributed by atoms with van der Waals surface area (Å²) in [6.07, 6.45) is 1.64. The number of nitrogens with zero attached hydrogens (tertiary/aromatic N) is 2. The summed E-state index contributed by atoms with van der Waals surface area (Å²) in [6.45, 7) is 5.45. The molecule has 0 unspecified atom stereocenters. The molecular weight excluding hydrogens is 588 g/mol. The number of hydrogen-bond acceptors (Lipinski definition) is 8. The van der Waals surface area contributed by atoms with Crippen LogP contribution < -0.4 is 19.6 Å². The van der Waals surface area contributed by atoms with E-state index < -0.39 is 17.8 Å². The number of carboxylic acid groups (broad SMARTS) is 1. The molecule has 0 saturated heterocycles. The second-order valence-corrected chi connectivity index (χ2v) is 8.73. The number of rotatable bonds is 9. The molecule has 184 valence electrons. The van der Waals surface area contributed by atoms with E-state index in [4.69, 9.17) is 14.2 Å². The molecule has 1 heterocycles. The van der Waals surface area contributed by atoms with E-state index in [2.05, 4.69) is 37.0 Å². The van der Waals surface area contributed by atoms with Gasteiger partial charge >= 0.3 is 5.97 Å². The number of benzene rings is 2. The minimum Gasteiger partial charge on any atom is -0.545 e. The highest BCUT2D eigenvalue weighted by molar-refractivity contribution is 9.13. The topological polar surface area (TPSA) is 118 Å². The highest BCUT2D eigenvalue weighted by Gasteiger charge is 2.29. The van der Waals surface area contributed by atoms with Crippen molar-refractivity contribution in [1.82, 2.24) is 0 Å². The summed E-state index contributed by atoms with van der Waals surface area (Å²) in [6, 6.07) is 7.47. The number of carboxylic acids is 1. The van der Waals surface area contributed by atoms with E-state index in [1.807, 2.05) is 0 Å². The number of ether oxygens (including phenoxy) is 3. The van der Waals surface area contributed by atoms with Crippen molar-refractivity contribution in [2.45, 2.75) is 20.8 Å². The number of amides is 1. The lowest BCUT2D eigenvalue weighted by molar-refractivity contribution is -0.255. The van der Waals surface area contributed by atoms with Crippen LogP contribution in [0.15, 0.2) is 50.0 Å². The molecule has 2 aromatic carbocycles. The Morgan fingerprint density at radius 3 is 2.51 bits per heavy atom. The Bertz CT molecular complexity index is 1240. The van der Waals surface area contributed by atoms with Crippen molar-refractivity contribution in [3.8, 4) is 11.5 Å². The normalized spacial score (nSPS) is 14.2. The van der Waals surface area contributed by atoms with Gasteiger partial charge in [0.25, 0.3) is 5.91 Å². The Morgan fingerprint density at radius 2 is 1.86 bits per heavy atom. The molecule has 0 spiro atoms. The molecule has 35 heavy (non-hydrogen) atoms. The predicted molar refractivity (Wildman–Crippen MR) is 134 cm³/mol. The summed E-state index contributed by atoms with van der Waals surface area (Å²) < 4.78 is 17.3. The summed E-state index contributed by atoms with van der Waals surface area (Å²) in [4.78, 5) is 36.1. The Hall–Kier alpha value is -3.18. The summed E-state index contributed by atoms with van der Waals surface area (Å²) in [5.41, 5.74) is 1.58. The second-order valence-electron chi connectivity index (χ2n) is 7.15. The van der Waals surface area contributed by atoms with Gasteiger partial charge in [-0.25, -0.2) is 4.79 Å². The molecular formula is C24H21Br2N2O7-. The van der Waals surface area contributed by atoms with Crippen molar-refractivity contribution in [3.63, 3.8) is 0 Å². The zero-order valence-electron chi connectivity index (χ0n) is 19.1. The Balaban J connectivity index is 1.97. The molecule has 11 heteroatoms. The van der Waals surface area contributed by atoms with Gasteiger partial charge in [0.1, 0.15) is 0 Å². The van der Waals surface area contributed by atoms with E-state index in [0.717, 1.165) is 5.01 Å². The molecule has 0 aliphatic carbocycles. The van der Waals surface area contributed by atoms with E-state index in [1.54, 1.807) is 39.0 Å². The average molecular weight is 609 g/mol. The molecule has 1 amide bonds. The first kappa shape index (κ1) is 26.4. The zero-order valence-corrected chi connectivity index (χ0v) is 22.3. The van der Waals surface area contributed by atoms with Crippen LogP contribution in [0.1, 0.15) is 36.7 Å². The lowest BCUT2D eigenvalue weighted by Gasteiger charge is -2.16. The number of anilines is 1. The molecule has 1 aliphatic heterocycles. The van der Waals surface area contributed by atoms with Gasteiger partial charge < -0.3 is 24.1 Å². The minimum absolute atomic E-state index is 0.0629. The van der Waals surface area contributed by atoms with Gasteiger partial charge in [-0.3, -0.25) is 4.79 Å². The summed E-state index contributed by atoms with van der Waals surface area (Å²) in [7, 11) is 0. The van der Waals surface area contributed by atoms with Gasteiger partial charge in [-0.1, -0.05) is 12.1 Å². The first-order chi connectivity index (χ1) is 16.7. The highest BCUT2D eigenvalue weighted by Crippen LogP contribution is 2.44. The van der Waals surface area contributed by atoms with Crippen molar-refractivity contribution >= 4 is 67.2 Å². The minimum atomic E-state index is -1.35. The van der Waals surface area contributed by atoms with Gasteiger partial charge in [-0.2, -0.15) is 10.1 Å². The maximum atomic E-state index is 13.2. The Labute approximate surface area is 218 Å². The number of aromatic carboxylic acids is 1. The molecule has 3 rings (SSSR count). The van der Waals surface area contributed by atoms with Crippen LogP contribution in [-0.2, 0) is 14.3 Å². The number of carbonyl (C=O) groups is 3. The van der Waals surface area contributed by atoms with Gasteiger partial charge in [-0.05, 0) is 88.0 Å². The monoisotopic (exact) mass is 607 g/mol. The predicted octanol–water partition coefficient (Wildman–Crippen LogP) is 3.72. The molecule has 0 bridgehead atoms. The zero-order chi connectivity index (χ0) is 25.7. The van der Waals surface area contributed by atoms with Crippen molar-refractivity contribution < 1.29 is 33.7 Å². The van der Waals surface area contributed by atoms with Crippen molar-refractivity contribution in [3.05, 3.63) is 56.0 Å². The third kappa shape index (κ3) is 5.91. The van der Waals surface area contributed by atoms with Crippen molar-refractivity contribution in [1.29, 1.82) is 0 Å². The SMILES string of the molecule is CCOC(=O)COc1c(OCC)cc(/C=C2/C(=O)N(c3cccc(C(=O)[O-])c3)N=C2C)c(Br)c1Br. The molecule has 0 N–H and O–H groups in total. The third-order valence-corrected chi connectivity index (χ3v) is 6.93. The van der Waals surface area contributed by atoms with Crippen LogP contribution in [0.4, 0.5) is 5.69 Å². The quantitative estimate of drug-likeness (QED) is 0.314. The van der Waals surface area contributed by atoms with E-state index in [1.165, 1.54) is 18.2 Å². The number of hydrogen-bond donors (Lipinski definition) is 0. The Kier molecular flexibility index (Phi) is 8.68. The van der Waals surface area contributed by atoms with Gasteiger partial charge in [0.2, 0.25) is 0 Å². The summed E-state index contributed by atoms with van der Waals surface area (Å²) >= 11 is 6.98. The van der Waals surface area contributed by atoms with Crippen LogP contribution in [0, 0.1) is 0 Å². The molecule has 0 aromatic heterocycles. The van der Waals surface area contributed by atoms with E-state index >= 15 is 0 Å². The fourth-order valence-corrected chi connectivity index (χ4v) is 4.17. The van der Waals surface area contributed by atoms with Crippen molar-refractivity contribution in [2.24, 2.45) is 5.10 Å². The molecule has 9 nitrogen and oxygen atoms in total. The van der Waals surface area contributed by atoms with Crippen LogP contribution in [-0.4, -0.2) is 43.4 Å². The molecule has 2 aromatic rings. The maximum absolute atomic E-state index is 13.2. The van der Waals surface area contributed by atoms with Gasteiger partial charge in [0.15, 0.2) is 18.1 Å². The van der Waals surface area contributed by atoms with Crippen LogP contribution in [0.25, 0.3) is 6.08 Å². The van der Waals surface area contributed by atoms with E-state index in [9.17, 15) is 19.5 Å². The average Bonchev–Trinajstić information content (AvgIpc) is 3.10. The van der Waals surface area contributed by atoms with Crippen LogP contribution in [0.3, 0.4) is 0 Å². The fraction of sp³-hybridized carbons (Fsp3) is 0.250. The molecule has 0 radical (unpaired) electrons. The van der Waals surface area contributed by atoms with E-state index in [-0.39, 0.29) is 18.8 Å². The second kappa shape index (κ2) is 11.5. The summed E-state index contributed by atoms with van der Waals surface area (Å²) in [5.74, 6) is -1.63. The third-order valence-electron chi connectivity index (χ3n) is 4.78. The molecule has 0 saturated carbocycles. The van der Waals surface area contributed by atoms with Crippen LogP contribution in [0.5, 0.6) is 11.5 Å². The fourth-order valence-electron chi connectivity index (χ4n) is 3.22. The smallest absolute Gasteiger partial charge is 0.344 e. The number of halogens is 2. The lowest BCUT2D eigenvalue weighted by Crippen LogP contribution is -2.24. The molecule has 0 atom stereocenters. The maximum Gasteiger partial charge on any atom is 0.344 e. The Morgan fingerprint density at radius 1 is 1.11 bits per heavy atom. The largest absolute Gasteiger partial charge is 0.545 e. The van der Waals surface area contributed by atoms with Gasteiger partial charge in [0.05, 0.1) is 40.6 Å². The van der Waals surface area contributed by atoms with Gasteiger partial charge in [-0.15, -0.1) is 0 Å². The van der Waals surface area contributed by atoms with Crippen LogP contribution >= 0.6 is 31.9 Å². The number of carbonyl (C=O) groups excluding carboxylic acids is 3. The number of hydrazone groups is 1. The standard InChI is InChI=1S/C24H22Br2N2O7/c1-4-33-18-11-15(20(25)21(26)22(18)35-12-19(29)34-5-2)10-17-13(3)27-28(23(17)30)16-8-6-7-14(9-16)24(31)32/h6-11H,4-5,12H2,1-3H3,(H,31,32)/p-1/b17-10+. The van der Waals surface area contributed by atoms with E-state index in [0.29, 0.717) is 49.6 Å². The lowest BCUT2D eigenvalue weighted by atomic mass is 10.1.